The number of anilines is 2. The van der Waals surface area contributed by atoms with E-state index in [2.05, 4.69) is 70.7 Å². The Hall–Kier alpha value is -1.32. The van der Waals surface area contributed by atoms with E-state index >= 15 is 0 Å². The lowest BCUT2D eigenvalue weighted by Crippen LogP contribution is -2.42. The molecule has 0 spiro atoms. The van der Waals surface area contributed by atoms with Crippen molar-refractivity contribution in [1.82, 2.24) is 9.97 Å². The van der Waals surface area contributed by atoms with Gasteiger partial charge in [-0.1, -0.05) is 27.7 Å². The Bertz CT molecular complexity index is 472. The third-order valence-electron chi connectivity index (χ3n) is 4.12. The number of hydrogen-bond donors (Lipinski definition) is 1. The van der Waals surface area contributed by atoms with Crippen molar-refractivity contribution in [2.45, 2.75) is 65.8 Å². The predicted octanol–water partition coefficient (Wildman–Crippen LogP) is 3.75. The second-order valence-electron chi connectivity index (χ2n) is 7.07. The van der Waals surface area contributed by atoms with Gasteiger partial charge in [0.25, 0.3) is 0 Å². The summed E-state index contributed by atoms with van der Waals surface area (Å²) in [6.45, 7) is 15.2. The van der Waals surface area contributed by atoms with E-state index in [0.717, 1.165) is 29.4 Å². The standard InChI is InChI=1S/C16H30N4/c1-10-16(6,7)20(9)13-11(2)12(17-8)18-14(19-13)15(3,4)5/h10H2,1-9H3,(H,17,18,19). The summed E-state index contributed by atoms with van der Waals surface area (Å²) in [5.74, 6) is 2.81. The molecule has 4 nitrogen and oxygen atoms in total. The molecule has 0 aliphatic carbocycles. The lowest BCUT2D eigenvalue weighted by atomic mass is 9.95. The van der Waals surface area contributed by atoms with Gasteiger partial charge in [-0.25, -0.2) is 9.97 Å². The molecule has 0 bridgehead atoms. The topological polar surface area (TPSA) is 41.1 Å². The maximum Gasteiger partial charge on any atom is 0.138 e. The zero-order valence-electron chi connectivity index (χ0n) is 14.5. The largest absolute Gasteiger partial charge is 0.373 e. The highest BCUT2D eigenvalue weighted by Gasteiger charge is 2.27. The summed E-state index contributed by atoms with van der Waals surface area (Å²) in [7, 11) is 4.03. The van der Waals surface area contributed by atoms with E-state index in [1.807, 2.05) is 7.05 Å². The molecule has 4 heteroatoms. The van der Waals surface area contributed by atoms with Crippen molar-refractivity contribution in [2.24, 2.45) is 0 Å². The van der Waals surface area contributed by atoms with Crippen molar-refractivity contribution in [2.75, 3.05) is 24.3 Å². The normalized spacial score (nSPS) is 12.4. The maximum atomic E-state index is 4.84. The van der Waals surface area contributed by atoms with E-state index in [4.69, 9.17) is 4.98 Å². The molecule has 1 N–H and O–H groups in total. The van der Waals surface area contributed by atoms with Gasteiger partial charge < -0.3 is 10.2 Å². The van der Waals surface area contributed by atoms with Crippen LogP contribution in [0.3, 0.4) is 0 Å². The van der Waals surface area contributed by atoms with Crippen LogP contribution in [0, 0.1) is 6.92 Å². The fourth-order valence-electron chi connectivity index (χ4n) is 1.93. The van der Waals surface area contributed by atoms with Gasteiger partial charge in [0.05, 0.1) is 0 Å². The Labute approximate surface area is 124 Å². The van der Waals surface area contributed by atoms with Crippen LogP contribution in [0.5, 0.6) is 0 Å². The smallest absolute Gasteiger partial charge is 0.138 e. The van der Waals surface area contributed by atoms with E-state index < -0.39 is 0 Å². The quantitative estimate of drug-likeness (QED) is 0.910. The summed E-state index contributed by atoms with van der Waals surface area (Å²) in [5.41, 5.74) is 1.11. The van der Waals surface area contributed by atoms with Gasteiger partial charge in [-0.3, -0.25) is 0 Å². The van der Waals surface area contributed by atoms with Crippen molar-refractivity contribution >= 4 is 11.6 Å². The molecule has 0 fully saturated rings. The highest BCUT2D eigenvalue weighted by molar-refractivity contribution is 5.59. The molecule has 1 rings (SSSR count). The molecule has 0 aliphatic rings. The molecule has 0 amide bonds. The molecular formula is C16H30N4. The van der Waals surface area contributed by atoms with Crippen LogP contribution in [-0.2, 0) is 5.41 Å². The molecule has 0 saturated heterocycles. The minimum absolute atomic E-state index is 0.0642. The first-order chi connectivity index (χ1) is 9.04. The Kier molecular flexibility index (Phi) is 4.67. The number of rotatable bonds is 4. The second kappa shape index (κ2) is 5.58. The van der Waals surface area contributed by atoms with E-state index in [1.54, 1.807) is 0 Å². The third-order valence-corrected chi connectivity index (χ3v) is 4.12. The van der Waals surface area contributed by atoms with E-state index in [0.29, 0.717) is 0 Å². The van der Waals surface area contributed by atoms with Gasteiger partial charge in [0.1, 0.15) is 17.5 Å². The van der Waals surface area contributed by atoms with Crippen molar-refractivity contribution in [3.05, 3.63) is 11.4 Å². The van der Waals surface area contributed by atoms with Crippen molar-refractivity contribution in [1.29, 1.82) is 0 Å². The van der Waals surface area contributed by atoms with Gasteiger partial charge in [0.2, 0.25) is 0 Å². The molecule has 0 aliphatic heterocycles. The summed E-state index contributed by atoms with van der Waals surface area (Å²) in [6.07, 6.45) is 1.06. The first kappa shape index (κ1) is 16.7. The molecular weight excluding hydrogens is 248 g/mol. The zero-order chi connectivity index (χ0) is 15.7. The summed E-state index contributed by atoms with van der Waals surface area (Å²) in [6, 6.07) is 0. The highest BCUT2D eigenvalue weighted by Crippen LogP contribution is 2.31. The van der Waals surface area contributed by atoms with Gasteiger partial charge in [-0.2, -0.15) is 0 Å². The Morgan fingerprint density at radius 3 is 2.05 bits per heavy atom. The summed E-state index contributed by atoms with van der Waals surface area (Å²) < 4.78 is 0. The molecule has 20 heavy (non-hydrogen) atoms. The third kappa shape index (κ3) is 3.22. The fraction of sp³-hybridized carbons (Fsp3) is 0.750. The molecule has 0 saturated carbocycles. The van der Waals surface area contributed by atoms with E-state index in [9.17, 15) is 0 Å². The summed E-state index contributed by atoms with van der Waals surface area (Å²) >= 11 is 0. The summed E-state index contributed by atoms with van der Waals surface area (Å²) in [5, 5.41) is 3.19. The van der Waals surface area contributed by atoms with Gasteiger partial charge >= 0.3 is 0 Å². The Balaban J connectivity index is 3.46. The first-order valence-electron chi connectivity index (χ1n) is 7.35. The molecule has 0 aromatic carbocycles. The molecule has 1 aromatic heterocycles. The highest BCUT2D eigenvalue weighted by atomic mass is 15.2. The molecule has 0 atom stereocenters. The molecule has 114 valence electrons. The van der Waals surface area contributed by atoms with Crippen LogP contribution >= 0.6 is 0 Å². The van der Waals surface area contributed by atoms with E-state index in [1.165, 1.54) is 0 Å². The minimum Gasteiger partial charge on any atom is -0.373 e. The predicted molar refractivity (Wildman–Crippen MR) is 87.8 cm³/mol. The second-order valence-corrected chi connectivity index (χ2v) is 7.07. The SMILES string of the molecule is CCC(C)(C)N(C)c1nc(C(C)(C)C)nc(NC)c1C. The summed E-state index contributed by atoms with van der Waals surface area (Å²) in [4.78, 5) is 11.8. The van der Waals surface area contributed by atoms with Gasteiger partial charge in [-0.05, 0) is 27.2 Å². The fourth-order valence-corrected chi connectivity index (χ4v) is 1.93. The number of nitrogens with zero attached hydrogens (tertiary/aromatic N) is 3. The zero-order valence-corrected chi connectivity index (χ0v) is 14.5. The molecule has 1 aromatic rings. The van der Waals surface area contributed by atoms with E-state index in [-0.39, 0.29) is 11.0 Å². The van der Waals surface area contributed by atoms with Crippen molar-refractivity contribution in [3.63, 3.8) is 0 Å². The lowest BCUT2D eigenvalue weighted by molar-refractivity contribution is 0.462. The lowest BCUT2D eigenvalue weighted by Gasteiger charge is -2.37. The first-order valence-corrected chi connectivity index (χ1v) is 7.35. The van der Waals surface area contributed by atoms with Crippen LogP contribution in [0.4, 0.5) is 11.6 Å². The molecule has 1 heterocycles. The van der Waals surface area contributed by atoms with Crippen LogP contribution in [0.2, 0.25) is 0 Å². The van der Waals surface area contributed by atoms with Gasteiger partial charge in [0, 0.05) is 30.6 Å². The number of hydrogen-bond acceptors (Lipinski definition) is 4. The molecule has 0 unspecified atom stereocenters. The Morgan fingerprint density at radius 1 is 1.10 bits per heavy atom. The van der Waals surface area contributed by atoms with Gasteiger partial charge in [-0.15, -0.1) is 0 Å². The van der Waals surface area contributed by atoms with Crippen LogP contribution in [0.1, 0.15) is 59.4 Å². The average Bonchev–Trinajstić information content (AvgIpc) is 2.36. The molecule has 0 radical (unpaired) electrons. The van der Waals surface area contributed by atoms with Gasteiger partial charge in [0.15, 0.2) is 0 Å². The number of nitrogens with one attached hydrogen (secondary N) is 1. The minimum atomic E-state index is -0.0642. The maximum absolute atomic E-state index is 4.84. The average molecular weight is 278 g/mol. The Morgan fingerprint density at radius 2 is 1.65 bits per heavy atom. The van der Waals surface area contributed by atoms with Crippen LogP contribution in [0.15, 0.2) is 0 Å². The monoisotopic (exact) mass is 278 g/mol. The van der Waals surface area contributed by atoms with Crippen LogP contribution in [-0.4, -0.2) is 29.6 Å². The van der Waals surface area contributed by atoms with Crippen molar-refractivity contribution < 1.29 is 0 Å². The van der Waals surface area contributed by atoms with Crippen LogP contribution < -0.4 is 10.2 Å². The van der Waals surface area contributed by atoms with Crippen molar-refractivity contribution in [3.8, 4) is 0 Å². The van der Waals surface area contributed by atoms with Crippen LogP contribution in [0.25, 0.3) is 0 Å². The number of aromatic nitrogens is 2.